The molecule has 0 aromatic carbocycles. The van der Waals surface area contributed by atoms with E-state index in [0.717, 1.165) is 0 Å². The number of rotatable bonds is 0. The molecule has 3 aliphatic rings. The monoisotopic (exact) mass is 446 g/mol. The first kappa shape index (κ1) is 23.8. The highest BCUT2D eigenvalue weighted by atomic mass is 16.5. The summed E-state index contributed by atoms with van der Waals surface area (Å²) in [6.07, 6.45) is 13.4. The maximum atomic E-state index is 12.5. The van der Waals surface area contributed by atoms with Crippen molar-refractivity contribution in [2.24, 2.45) is 23.7 Å². The van der Waals surface area contributed by atoms with Crippen molar-refractivity contribution in [3.63, 3.8) is 0 Å². The first-order valence-corrected chi connectivity index (χ1v) is 11.2. The van der Waals surface area contributed by atoms with Crippen LogP contribution in [0.1, 0.15) is 38.5 Å². The number of carbonyl (C=O) groups is 4. The Morgan fingerprint density at radius 3 is 1.12 bits per heavy atom. The summed E-state index contributed by atoms with van der Waals surface area (Å²) in [6, 6.07) is 0. The Labute approximate surface area is 187 Å². The van der Waals surface area contributed by atoms with Crippen LogP contribution in [0.2, 0.25) is 0 Å². The molecule has 0 saturated carbocycles. The summed E-state index contributed by atoms with van der Waals surface area (Å²) in [5.41, 5.74) is 0. The smallest absolute Gasteiger partial charge is 0.310 e. The summed E-state index contributed by atoms with van der Waals surface area (Å²) in [6.45, 7) is 0.392. The molecule has 8 heteroatoms. The van der Waals surface area contributed by atoms with Gasteiger partial charge >= 0.3 is 23.9 Å². The van der Waals surface area contributed by atoms with Gasteiger partial charge in [0.15, 0.2) is 0 Å². The quantitative estimate of drug-likeness (QED) is 0.318. The van der Waals surface area contributed by atoms with Crippen LogP contribution in [0.4, 0.5) is 0 Å². The molecule has 8 nitrogen and oxygen atoms in total. The zero-order valence-electron chi connectivity index (χ0n) is 18.1. The van der Waals surface area contributed by atoms with Crippen LogP contribution in [-0.4, -0.2) is 50.3 Å². The molecule has 1 heterocycles. The number of hydrogen-bond donors (Lipinski definition) is 0. The van der Waals surface area contributed by atoms with E-state index in [1.54, 1.807) is 12.2 Å². The summed E-state index contributed by atoms with van der Waals surface area (Å²) < 4.78 is 21.3. The van der Waals surface area contributed by atoms with Gasteiger partial charge in [-0.15, -0.1) is 0 Å². The molecule has 174 valence electrons. The van der Waals surface area contributed by atoms with Gasteiger partial charge in [-0.1, -0.05) is 24.3 Å². The van der Waals surface area contributed by atoms with Crippen molar-refractivity contribution in [2.75, 3.05) is 26.4 Å². The average molecular weight is 446 g/mol. The van der Waals surface area contributed by atoms with E-state index >= 15 is 0 Å². The van der Waals surface area contributed by atoms with E-state index in [9.17, 15) is 19.2 Å². The van der Waals surface area contributed by atoms with Crippen molar-refractivity contribution >= 4 is 23.9 Å². The highest BCUT2D eigenvalue weighted by Gasteiger charge is 2.37. The van der Waals surface area contributed by atoms with Gasteiger partial charge in [0.1, 0.15) is 13.2 Å². The second-order valence-corrected chi connectivity index (χ2v) is 8.09. The van der Waals surface area contributed by atoms with Gasteiger partial charge < -0.3 is 18.9 Å². The van der Waals surface area contributed by atoms with Gasteiger partial charge in [-0.25, -0.2) is 0 Å². The molecule has 0 aromatic heterocycles. The van der Waals surface area contributed by atoms with Crippen LogP contribution in [0.25, 0.3) is 0 Å². The fraction of sp³-hybridized carbons (Fsp3) is 0.583. The SMILES string of the molecule is O=C1OCCCCOC(=O)[C@@H]2CC=CC[C@@H]2C(=O)OC/C=C\COC(=O)[C@@H]2CC=CC[C@H]12. The third-order valence-electron chi connectivity index (χ3n) is 5.91. The Bertz CT molecular complexity index is 717. The molecule has 0 spiro atoms. The van der Waals surface area contributed by atoms with Crippen molar-refractivity contribution in [1.29, 1.82) is 0 Å². The van der Waals surface area contributed by atoms with Crippen LogP contribution in [0, 0.1) is 23.7 Å². The Morgan fingerprint density at radius 1 is 0.469 bits per heavy atom. The number of cyclic esters (lactones) is 4. The molecular formula is C24H30O8. The molecule has 0 radical (unpaired) electrons. The zero-order valence-corrected chi connectivity index (χ0v) is 18.1. The zero-order chi connectivity index (χ0) is 22.8. The van der Waals surface area contributed by atoms with Crippen LogP contribution >= 0.6 is 0 Å². The second kappa shape index (κ2) is 12.2. The Hall–Kier alpha value is -2.90. The number of ether oxygens (including phenoxy) is 4. The average Bonchev–Trinajstić information content (AvgIpc) is 2.82. The summed E-state index contributed by atoms with van der Waals surface area (Å²) in [4.78, 5) is 49.9. The van der Waals surface area contributed by atoms with Gasteiger partial charge in [0, 0.05) is 0 Å². The van der Waals surface area contributed by atoms with Gasteiger partial charge in [-0.05, 0) is 50.7 Å². The minimum Gasteiger partial charge on any atom is -0.465 e. The van der Waals surface area contributed by atoms with E-state index in [2.05, 4.69) is 0 Å². The lowest BCUT2D eigenvalue weighted by molar-refractivity contribution is -0.161. The molecule has 0 N–H and O–H groups in total. The standard InChI is InChI=1S/C24H30O8/c25-21-17-9-1-2-10-18(17)22(26)30-14-7-8-16-32-24(28)20-12-4-3-11-19(20)23(27)31-15-6-5-13-29-21/h1-6,17-20H,7-16H2/b6-5-/t17-,18+,19+,20-. The van der Waals surface area contributed by atoms with Crippen LogP contribution in [0.15, 0.2) is 36.5 Å². The van der Waals surface area contributed by atoms with E-state index in [0.29, 0.717) is 38.5 Å². The van der Waals surface area contributed by atoms with Crippen LogP contribution in [-0.2, 0) is 38.1 Å². The number of esters is 4. The Kier molecular flexibility index (Phi) is 9.07. The van der Waals surface area contributed by atoms with Crippen molar-refractivity contribution < 1.29 is 38.1 Å². The van der Waals surface area contributed by atoms with Crippen molar-refractivity contribution in [2.45, 2.75) is 38.5 Å². The number of hydrogen-bond acceptors (Lipinski definition) is 8. The number of fused-ring (bicyclic) bond motifs is 2. The molecule has 0 fully saturated rings. The third kappa shape index (κ3) is 6.55. The fourth-order valence-electron chi connectivity index (χ4n) is 4.04. The van der Waals surface area contributed by atoms with E-state index in [-0.39, 0.29) is 26.4 Å². The van der Waals surface area contributed by atoms with Crippen LogP contribution in [0.3, 0.4) is 0 Å². The lowest BCUT2D eigenvalue weighted by atomic mass is 9.83. The molecule has 2 aliphatic carbocycles. The van der Waals surface area contributed by atoms with Crippen LogP contribution < -0.4 is 0 Å². The molecule has 32 heavy (non-hydrogen) atoms. The maximum absolute atomic E-state index is 12.5. The van der Waals surface area contributed by atoms with Crippen molar-refractivity contribution in [3.05, 3.63) is 36.5 Å². The summed E-state index contributed by atoms with van der Waals surface area (Å²) in [7, 11) is 0. The molecule has 0 aromatic rings. The molecule has 3 rings (SSSR count). The largest absolute Gasteiger partial charge is 0.465 e. The van der Waals surface area contributed by atoms with Gasteiger partial charge in [0.05, 0.1) is 36.9 Å². The second-order valence-electron chi connectivity index (χ2n) is 8.09. The van der Waals surface area contributed by atoms with Crippen molar-refractivity contribution in [3.8, 4) is 0 Å². The van der Waals surface area contributed by atoms with Gasteiger partial charge in [-0.3, -0.25) is 19.2 Å². The van der Waals surface area contributed by atoms with E-state index in [4.69, 9.17) is 18.9 Å². The molecule has 0 saturated heterocycles. The molecular weight excluding hydrogens is 416 g/mol. The molecule has 0 unspecified atom stereocenters. The summed E-state index contributed by atoms with van der Waals surface area (Å²) >= 11 is 0. The van der Waals surface area contributed by atoms with Gasteiger partial charge in [-0.2, -0.15) is 0 Å². The van der Waals surface area contributed by atoms with E-state index < -0.39 is 47.5 Å². The van der Waals surface area contributed by atoms with Crippen LogP contribution in [0.5, 0.6) is 0 Å². The topological polar surface area (TPSA) is 105 Å². The lowest BCUT2D eigenvalue weighted by Crippen LogP contribution is -2.34. The highest BCUT2D eigenvalue weighted by Crippen LogP contribution is 2.29. The predicted molar refractivity (Wildman–Crippen MR) is 113 cm³/mol. The third-order valence-corrected chi connectivity index (χ3v) is 5.91. The van der Waals surface area contributed by atoms with Gasteiger partial charge in [0.25, 0.3) is 0 Å². The Morgan fingerprint density at radius 2 is 0.781 bits per heavy atom. The molecule has 4 atom stereocenters. The maximum Gasteiger partial charge on any atom is 0.310 e. The van der Waals surface area contributed by atoms with E-state index in [1.165, 1.54) is 0 Å². The summed E-state index contributed by atoms with van der Waals surface area (Å²) in [5, 5.41) is 0. The Balaban J connectivity index is 1.64. The first-order valence-electron chi connectivity index (χ1n) is 11.2. The molecule has 0 bridgehead atoms. The summed E-state index contributed by atoms with van der Waals surface area (Å²) in [5.74, 6) is -4.03. The number of carbonyl (C=O) groups excluding carboxylic acids is 4. The fourth-order valence-corrected chi connectivity index (χ4v) is 4.04. The predicted octanol–water partition coefficient (Wildman–Crippen LogP) is 2.67. The number of allylic oxidation sites excluding steroid dienone is 4. The first-order chi connectivity index (χ1) is 15.6. The van der Waals surface area contributed by atoms with Crippen molar-refractivity contribution in [1.82, 2.24) is 0 Å². The minimum atomic E-state index is -0.582. The van der Waals surface area contributed by atoms with Gasteiger partial charge in [0.2, 0.25) is 0 Å². The minimum absolute atomic E-state index is 0.0134. The highest BCUT2D eigenvalue weighted by molar-refractivity contribution is 5.83. The normalized spacial score (nSPS) is 31.8. The molecule has 0 amide bonds. The van der Waals surface area contributed by atoms with E-state index in [1.807, 2.05) is 24.3 Å². The lowest BCUT2D eigenvalue weighted by Gasteiger charge is -2.25. The molecule has 1 aliphatic heterocycles.